The third-order valence-corrected chi connectivity index (χ3v) is 4.44. The van der Waals surface area contributed by atoms with Gasteiger partial charge in [-0.15, -0.1) is 0 Å². The van der Waals surface area contributed by atoms with Crippen LogP contribution in [-0.4, -0.2) is 29.4 Å². The molecule has 0 saturated carbocycles. The molecule has 3 nitrogen and oxygen atoms in total. The third-order valence-electron chi connectivity index (χ3n) is 4.44. The maximum atomic E-state index is 12.5. The number of carbonyl (C=O) groups excluding carboxylic acids is 1. The van der Waals surface area contributed by atoms with Gasteiger partial charge in [0, 0.05) is 25.0 Å². The van der Waals surface area contributed by atoms with E-state index in [2.05, 4.69) is 32.9 Å². The fourth-order valence-electron chi connectivity index (χ4n) is 3.21. The summed E-state index contributed by atoms with van der Waals surface area (Å²) in [5.41, 5.74) is 8.51. The molecule has 2 rings (SSSR count). The molecule has 0 aromatic heterocycles. The molecule has 0 bridgehead atoms. The standard InChI is InChI=1S/C17H26N2O/c1-12-6-4-5-7-16(12)13(2)10-17(20)19-9-8-15(18)11-14(19)3/h4-7,13-15H,8-11,18H2,1-3H3/t13-,14-,15-/m1/s1. The molecule has 2 N–H and O–H groups in total. The van der Waals surface area contributed by atoms with Crippen molar-refractivity contribution in [1.29, 1.82) is 0 Å². The van der Waals surface area contributed by atoms with Crippen LogP contribution in [0.2, 0.25) is 0 Å². The second kappa shape index (κ2) is 6.40. The van der Waals surface area contributed by atoms with E-state index < -0.39 is 0 Å². The summed E-state index contributed by atoms with van der Waals surface area (Å²) in [6.07, 6.45) is 2.43. The fraction of sp³-hybridized carbons (Fsp3) is 0.588. The highest BCUT2D eigenvalue weighted by molar-refractivity contribution is 5.77. The molecule has 0 unspecified atom stereocenters. The smallest absolute Gasteiger partial charge is 0.223 e. The number of benzene rings is 1. The van der Waals surface area contributed by atoms with E-state index in [-0.39, 0.29) is 23.9 Å². The molecule has 3 atom stereocenters. The van der Waals surface area contributed by atoms with Crippen LogP contribution in [0.3, 0.4) is 0 Å². The molecule has 0 aliphatic carbocycles. The summed E-state index contributed by atoms with van der Waals surface area (Å²) < 4.78 is 0. The number of amides is 1. The van der Waals surface area contributed by atoms with Crippen molar-refractivity contribution in [2.45, 2.75) is 58.0 Å². The topological polar surface area (TPSA) is 46.3 Å². The van der Waals surface area contributed by atoms with Gasteiger partial charge in [-0.2, -0.15) is 0 Å². The SMILES string of the molecule is Cc1ccccc1[C@H](C)CC(=O)N1CC[C@@H](N)C[C@H]1C. The molecule has 110 valence electrons. The Hall–Kier alpha value is -1.35. The monoisotopic (exact) mass is 274 g/mol. The second-order valence-corrected chi connectivity index (χ2v) is 6.18. The molecular weight excluding hydrogens is 248 g/mol. The molecule has 1 heterocycles. The molecule has 1 fully saturated rings. The highest BCUT2D eigenvalue weighted by Gasteiger charge is 2.27. The average molecular weight is 274 g/mol. The Balaban J connectivity index is 1.99. The van der Waals surface area contributed by atoms with Crippen molar-refractivity contribution in [3.05, 3.63) is 35.4 Å². The number of nitrogens with two attached hydrogens (primary N) is 1. The first-order valence-corrected chi connectivity index (χ1v) is 7.59. The molecule has 1 aromatic carbocycles. The molecule has 0 spiro atoms. The first-order valence-electron chi connectivity index (χ1n) is 7.59. The van der Waals surface area contributed by atoms with Crippen LogP contribution in [0, 0.1) is 6.92 Å². The number of carbonyl (C=O) groups is 1. The van der Waals surface area contributed by atoms with Gasteiger partial charge in [-0.05, 0) is 43.7 Å². The first-order chi connectivity index (χ1) is 9.49. The van der Waals surface area contributed by atoms with Crippen LogP contribution >= 0.6 is 0 Å². The van der Waals surface area contributed by atoms with Gasteiger partial charge in [-0.3, -0.25) is 4.79 Å². The number of aryl methyl sites for hydroxylation is 1. The van der Waals surface area contributed by atoms with Crippen molar-refractivity contribution < 1.29 is 4.79 Å². The van der Waals surface area contributed by atoms with Crippen LogP contribution in [0.25, 0.3) is 0 Å². The lowest BCUT2D eigenvalue weighted by molar-refractivity contribution is -0.134. The van der Waals surface area contributed by atoms with Crippen molar-refractivity contribution in [2.75, 3.05) is 6.54 Å². The summed E-state index contributed by atoms with van der Waals surface area (Å²) in [4.78, 5) is 14.5. The first kappa shape index (κ1) is 15.0. The van der Waals surface area contributed by atoms with Crippen molar-refractivity contribution >= 4 is 5.91 Å². The number of hydrogen-bond donors (Lipinski definition) is 1. The number of rotatable bonds is 3. The van der Waals surface area contributed by atoms with Gasteiger partial charge in [0.25, 0.3) is 0 Å². The molecule has 20 heavy (non-hydrogen) atoms. The predicted molar refractivity (Wildman–Crippen MR) is 82.6 cm³/mol. The second-order valence-electron chi connectivity index (χ2n) is 6.18. The van der Waals surface area contributed by atoms with Crippen LogP contribution in [0.4, 0.5) is 0 Å². The van der Waals surface area contributed by atoms with E-state index in [4.69, 9.17) is 5.73 Å². The molecule has 1 amide bonds. The molecule has 1 saturated heterocycles. The minimum absolute atomic E-state index is 0.253. The number of hydrogen-bond acceptors (Lipinski definition) is 2. The fourth-order valence-corrected chi connectivity index (χ4v) is 3.21. The van der Waals surface area contributed by atoms with E-state index >= 15 is 0 Å². The van der Waals surface area contributed by atoms with Crippen molar-refractivity contribution in [3.8, 4) is 0 Å². The zero-order valence-electron chi connectivity index (χ0n) is 12.8. The van der Waals surface area contributed by atoms with E-state index in [0.29, 0.717) is 6.42 Å². The van der Waals surface area contributed by atoms with Gasteiger partial charge in [0.15, 0.2) is 0 Å². The zero-order chi connectivity index (χ0) is 14.7. The Bertz CT molecular complexity index is 472. The zero-order valence-corrected chi connectivity index (χ0v) is 12.8. The molecular formula is C17H26N2O. The Morgan fingerprint density at radius 1 is 1.45 bits per heavy atom. The Morgan fingerprint density at radius 2 is 2.15 bits per heavy atom. The quantitative estimate of drug-likeness (QED) is 0.921. The van der Waals surface area contributed by atoms with Gasteiger partial charge in [-0.1, -0.05) is 31.2 Å². The lowest BCUT2D eigenvalue weighted by Gasteiger charge is -2.37. The van der Waals surface area contributed by atoms with Crippen LogP contribution in [0.1, 0.15) is 50.2 Å². The van der Waals surface area contributed by atoms with E-state index in [1.165, 1.54) is 11.1 Å². The van der Waals surface area contributed by atoms with Gasteiger partial charge in [-0.25, -0.2) is 0 Å². The molecule has 0 radical (unpaired) electrons. The van der Waals surface area contributed by atoms with Gasteiger partial charge in [0.05, 0.1) is 0 Å². The van der Waals surface area contributed by atoms with Crippen LogP contribution in [0.15, 0.2) is 24.3 Å². The van der Waals surface area contributed by atoms with E-state index in [1.807, 2.05) is 17.0 Å². The number of piperidine rings is 1. The maximum absolute atomic E-state index is 12.5. The lowest BCUT2D eigenvalue weighted by atomic mass is 9.92. The van der Waals surface area contributed by atoms with E-state index in [0.717, 1.165) is 19.4 Å². The molecule has 1 aliphatic rings. The number of likely N-dealkylation sites (tertiary alicyclic amines) is 1. The van der Waals surface area contributed by atoms with Crippen molar-refractivity contribution in [1.82, 2.24) is 4.90 Å². The normalized spacial score (nSPS) is 24.5. The minimum atomic E-state index is 0.253. The lowest BCUT2D eigenvalue weighted by Crippen LogP contribution is -2.48. The Morgan fingerprint density at radius 3 is 2.80 bits per heavy atom. The Labute approximate surface area is 122 Å². The van der Waals surface area contributed by atoms with E-state index in [1.54, 1.807) is 0 Å². The summed E-state index contributed by atoms with van der Waals surface area (Å²) >= 11 is 0. The highest BCUT2D eigenvalue weighted by Crippen LogP contribution is 2.25. The van der Waals surface area contributed by atoms with Gasteiger partial charge < -0.3 is 10.6 Å². The summed E-state index contributed by atoms with van der Waals surface area (Å²) in [7, 11) is 0. The average Bonchev–Trinajstić information content (AvgIpc) is 2.38. The predicted octanol–water partition coefficient (Wildman–Crippen LogP) is 2.83. The van der Waals surface area contributed by atoms with Crippen molar-refractivity contribution in [2.24, 2.45) is 5.73 Å². The third kappa shape index (κ3) is 3.40. The van der Waals surface area contributed by atoms with Crippen molar-refractivity contribution in [3.63, 3.8) is 0 Å². The van der Waals surface area contributed by atoms with Crippen LogP contribution < -0.4 is 5.73 Å². The Kier molecular flexibility index (Phi) is 4.81. The highest BCUT2D eigenvalue weighted by atomic mass is 16.2. The van der Waals surface area contributed by atoms with Gasteiger partial charge >= 0.3 is 0 Å². The van der Waals surface area contributed by atoms with Gasteiger partial charge in [0.1, 0.15) is 0 Å². The molecule has 1 aliphatic heterocycles. The summed E-state index contributed by atoms with van der Waals surface area (Å²) in [5, 5.41) is 0. The van der Waals surface area contributed by atoms with Crippen LogP contribution in [-0.2, 0) is 4.79 Å². The number of nitrogens with zero attached hydrogens (tertiary/aromatic N) is 1. The maximum Gasteiger partial charge on any atom is 0.223 e. The summed E-state index contributed by atoms with van der Waals surface area (Å²) in [5.74, 6) is 0.534. The summed E-state index contributed by atoms with van der Waals surface area (Å²) in [6, 6.07) is 8.85. The minimum Gasteiger partial charge on any atom is -0.340 e. The van der Waals surface area contributed by atoms with Crippen LogP contribution in [0.5, 0.6) is 0 Å². The van der Waals surface area contributed by atoms with Gasteiger partial charge in [0.2, 0.25) is 5.91 Å². The molecule has 1 aromatic rings. The molecule has 3 heteroatoms. The largest absolute Gasteiger partial charge is 0.340 e. The summed E-state index contributed by atoms with van der Waals surface area (Å²) in [6.45, 7) is 7.16. The van der Waals surface area contributed by atoms with E-state index in [9.17, 15) is 4.79 Å².